The van der Waals surface area contributed by atoms with Crippen LogP contribution in [0.15, 0.2) is 35.3 Å². The maximum Gasteiger partial charge on any atom is 0.216 e. The number of hydrogen-bond acceptors (Lipinski definition) is 4. The molecule has 0 radical (unpaired) electrons. The van der Waals surface area contributed by atoms with E-state index < -0.39 is 0 Å². The lowest BCUT2D eigenvalue weighted by Crippen LogP contribution is -2.32. The molecular weight excluding hydrogens is 166 g/mol. The Morgan fingerprint density at radius 2 is 2.08 bits per heavy atom. The Morgan fingerprint density at radius 1 is 1.38 bits per heavy atom. The molecule has 1 unspecified atom stereocenters. The Balaban J connectivity index is 2.22. The highest BCUT2D eigenvalue weighted by Gasteiger charge is 2.25. The minimum absolute atomic E-state index is 0.124. The Morgan fingerprint density at radius 3 is 2.62 bits per heavy atom. The predicted molar refractivity (Wildman–Crippen MR) is 49.3 cm³/mol. The van der Waals surface area contributed by atoms with E-state index in [0.717, 1.165) is 10.6 Å². The van der Waals surface area contributed by atoms with Crippen LogP contribution in [0, 0.1) is 0 Å². The largest absolute Gasteiger partial charge is 0.368 e. The van der Waals surface area contributed by atoms with Crippen LogP contribution in [0.3, 0.4) is 0 Å². The molecular formula is C9H11N3O. The monoisotopic (exact) mass is 177 g/mol. The van der Waals surface area contributed by atoms with Crippen molar-refractivity contribution < 1.29 is 5.21 Å². The van der Waals surface area contributed by atoms with Crippen molar-refractivity contribution in [3.8, 4) is 0 Å². The first-order valence-electron chi connectivity index (χ1n) is 4.12. The van der Waals surface area contributed by atoms with Gasteiger partial charge in [-0.25, -0.2) is 10.1 Å². The van der Waals surface area contributed by atoms with Gasteiger partial charge < -0.3 is 5.73 Å². The van der Waals surface area contributed by atoms with Crippen molar-refractivity contribution in [2.45, 2.75) is 6.04 Å². The van der Waals surface area contributed by atoms with E-state index in [2.05, 4.69) is 4.99 Å². The summed E-state index contributed by atoms with van der Waals surface area (Å²) in [5, 5.41) is 10.5. The van der Waals surface area contributed by atoms with Crippen LogP contribution in [0.5, 0.6) is 0 Å². The molecule has 4 heteroatoms. The van der Waals surface area contributed by atoms with Crippen LogP contribution in [-0.2, 0) is 0 Å². The van der Waals surface area contributed by atoms with Crippen molar-refractivity contribution in [3.63, 3.8) is 0 Å². The second-order valence-corrected chi connectivity index (χ2v) is 2.97. The Hall–Kier alpha value is -1.55. The molecule has 4 nitrogen and oxygen atoms in total. The topological polar surface area (TPSA) is 61.8 Å². The van der Waals surface area contributed by atoms with Crippen LogP contribution in [0.4, 0.5) is 0 Å². The van der Waals surface area contributed by atoms with Crippen molar-refractivity contribution in [2.24, 2.45) is 10.7 Å². The molecule has 0 amide bonds. The van der Waals surface area contributed by atoms with Gasteiger partial charge in [-0.1, -0.05) is 30.3 Å². The maximum atomic E-state index is 9.49. The highest BCUT2D eigenvalue weighted by atomic mass is 16.5. The van der Waals surface area contributed by atoms with Crippen LogP contribution in [0.25, 0.3) is 0 Å². The number of nitrogens with zero attached hydrogens (tertiary/aromatic N) is 2. The van der Waals surface area contributed by atoms with Gasteiger partial charge >= 0.3 is 0 Å². The molecule has 1 aliphatic heterocycles. The molecule has 1 aliphatic rings. The molecule has 0 saturated carbocycles. The first kappa shape index (κ1) is 8.07. The summed E-state index contributed by atoms with van der Waals surface area (Å²) in [7, 11) is 0. The number of nitrogens with two attached hydrogens (primary N) is 1. The molecule has 1 aromatic carbocycles. The van der Waals surface area contributed by atoms with E-state index in [1.807, 2.05) is 30.3 Å². The fraction of sp³-hybridized carbons (Fsp3) is 0.222. The van der Waals surface area contributed by atoms with Crippen molar-refractivity contribution in [1.82, 2.24) is 5.06 Å². The summed E-state index contributed by atoms with van der Waals surface area (Å²) in [6.45, 7) is 0.520. The van der Waals surface area contributed by atoms with Gasteiger partial charge in [-0.15, -0.1) is 0 Å². The van der Waals surface area contributed by atoms with Crippen LogP contribution >= 0.6 is 0 Å². The van der Waals surface area contributed by atoms with Gasteiger partial charge in [0.15, 0.2) is 0 Å². The second kappa shape index (κ2) is 3.06. The maximum absolute atomic E-state index is 9.49. The summed E-state index contributed by atoms with van der Waals surface area (Å²) in [4.78, 5) is 3.95. The lowest BCUT2D eigenvalue weighted by Gasteiger charge is -2.18. The average molecular weight is 177 g/mol. The predicted octanol–water partition coefficient (Wildman–Crippen LogP) is 0.747. The van der Waals surface area contributed by atoms with Crippen LogP contribution in [-0.4, -0.2) is 22.8 Å². The Labute approximate surface area is 76.3 Å². The molecule has 0 aliphatic carbocycles. The van der Waals surface area contributed by atoms with Crippen LogP contribution in [0.2, 0.25) is 0 Å². The van der Waals surface area contributed by atoms with Crippen molar-refractivity contribution in [3.05, 3.63) is 35.9 Å². The number of aliphatic imine (C=N–C) groups is 1. The summed E-state index contributed by atoms with van der Waals surface area (Å²) in [5.41, 5.74) is 6.45. The normalized spacial score (nSPS) is 21.8. The third-order valence-electron chi connectivity index (χ3n) is 2.14. The molecule has 1 aromatic rings. The quantitative estimate of drug-likeness (QED) is 0.665. The zero-order valence-electron chi connectivity index (χ0n) is 7.09. The molecule has 0 fully saturated rings. The average Bonchev–Trinajstić information content (AvgIpc) is 2.49. The summed E-state index contributed by atoms with van der Waals surface area (Å²) < 4.78 is 0. The minimum Gasteiger partial charge on any atom is -0.368 e. The number of benzene rings is 1. The van der Waals surface area contributed by atoms with E-state index in [1.165, 1.54) is 0 Å². The van der Waals surface area contributed by atoms with E-state index in [-0.39, 0.29) is 12.0 Å². The lowest BCUT2D eigenvalue weighted by molar-refractivity contribution is -0.0431. The molecule has 2 rings (SSSR count). The summed E-state index contributed by atoms with van der Waals surface area (Å²) in [5.74, 6) is 0.189. The summed E-state index contributed by atoms with van der Waals surface area (Å²) in [6, 6.07) is 9.56. The fourth-order valence-electron chi connectivity index (χ4n) is 1.41. The van der Waals surface area contributed by atoms with E-state index >= 15 is 0 Å². The zero-order valence-corrected chi connectivity index (χ0v) is 7.09. The molecule has 1 atom stereocenters. The lowest BCUT2D eigenvalue weighted by atomic mass is 10.1. The number of hydrogen-bond donors (Lipinski definition) is 2. The molecule has 68 valence electrons. The van der Waals surface area contributed by atoms with E-state index in [1.54, 1.807) is 0 Å². The highest BCUT2D eigenvalue weighted by Crippen LogP contribution is 2.22. The summed E-state index contributed by atoms with van der Waals surface area (Å²) in [6.07, 6.45) is 0. The Bertz CT molecular complexity index is 323. The van der Waals surface area contributed by atoms with Gasteiger partial charge in [0.2, 0.25) is 5.96 Å². The number of rotatable bonds is 1. The van der Waals surface area contributed by atoms with E-state index in [9.17, 15) is 5.21 Å². The van der Waals surface area contributed by atoms with Crippen molar-refractivity contribution >= 4 is 5.96 Å². The van der Waals surface area contributed by atoms with Crippen molar-refractivity contribution in [1.29, 1.82) is 0 Å². The molecule has 13 heavy (non-hydrogen) atoms. The SMILES string of the molecule is NC1=NCC(c2ccccc2)N1O. The van der Waals surface area contributed by atoms with E-state index in [4.69, 9.17) is 5.73 Å². The van der Waals surface area contributed by atoms with Gasteiger partial charge in [0, 0.05) is 0 Å². The van der Waals surface area contributed by atoms with Gasteiger partial charge in [0.25, 0.3) is 0 Å². The third-order valence-corrected chi connectivity index (χ3v) is 2.14. The third kappa shape index (κ3) is 1.36. The molecule has 0 saturated heterocycles. The van der Waals surface area contributed by atoms with Gasteiger partial charge in [-0.05, 0) is 5.56 Å². The van der Waals surface area contributed by atoms with Crippen LogP contribution in [0.1, 0.15) is 11.6 Å². The van der Waals surface area contributed by atoms with Crippen molar-refractivity contribution in [2.75, 3.05) is 6.54 Å². The standard InChI is InChI=1S/C9H11N3O/c10-9-11-6-8(12(9)13)7-4-2-1-3-5-7/h1-5,8,13H,6H2,(H2,10,11). The summed E-state index contributed by atoms with van der Waals surface area (Å²) >= 11 is 0. The smallest absolute Gasteiger partial charge is 0.216 e. The molecule has 0 spiro atoms. The fourth-order valence-corrected chi connectivity index (χ4v) is 1.41. The van der Waals surface area contributed by atoms with Gasteiger partial charge in [0.1, 0.15) is 6.04 Å². The number of guanidine groups is 1. The molecule has 1 heterocycles. The number of hydroxylamine groups is 2. The second-order valence-electron chi connectivity index (χ2n) is 2.97. The van der Waals surface area contributed by atoms with Gasteiger partial charge in [-0.2, -0.15) is 0 Å². The molecule has 0 bridgehead atoms. The zero-order chi connectivity index (χ0) is 9.26. The van der Waals surface area contributed by atoms with Crippen LogP contribution < -0.4 is 5.73 Å². The minimum atomic E-state index is -0.124. The van der Waals surface area contributed by atoms with Gasteiger partial charge in [0.05, 0.1) is 6.54 Å². The van der Waals surface area contributed by atoms with E-state index in [0.29, 0.717) is 6.54 Å². The first-order chi connectivity index (χ1) is 6.29. The van der Waals surface area contributed by atoms with Gasteiger partial charge in [-0.3, -0.25) is 5.21 Å². The Kier molecular flexibility index (Phi) is 1.90. The molecule has 3 N–H and O–H groups in total. The molecule has 0 aromatic heterocycles. The first-order valence-corrected chi connectivity index (χ1v) is 4.12. The highest BCUT2D eigenvalue weighted by molar-refractivity contribution is 5.79.